The van der Waals surface area contributed by atoms with E-state index in [-0.39, 0.29) is 39.4 Å². The number of benzene rings is 3. The van der Waals surface area contributed by atoms with Crippen molar-refractivity contribution in [2.24, 2.45) is 0 Å². The summed E-state index contributed by atoms with van der Waals surface area (Å²) in [7, 11) is 0. The molecule has 4 aromatic rings. The van der Waals surface area contributed by atoms with Crippen LogP contribution in [0.4, 0.5) is 17.6 Å². The summed E-state index contributed by atoms with van der Waals surface area (Å²) in [5, 5.41) is 19.6. The third-order valence-corrected chi connectivity index (χ3v) is 4.95. The first kappa shape index (κ1) is 21.4. The summed E-state index contributed by atoms with van der Waals surface area (Å²) < 4.78 is 73.7. The average molecular weight is 476 g/mol. The van der Waals surface area contributed by atoms with Crippen molar-refractivity contribution in [2.75, 3.05) is 0 Å². The van der Waals surface area contributed by atoms with E-state index < -0.39 is 47.2 Å². The van der Waals surface area contributed by atoms with Crippen molar-refractivity contribution in [2.45, 2.75) is 12.9 Å². The maximum absolute atomic E-state index is 13.6. The highest BCUT2D eigenvalue weighted by Gasteiger charge is 2.43. The zero-order valence-electron chi connectivity index (χ0n) is 16.8. The van der Waals surface area contributed by atoms with Crippen LogP contribution in [0.2, 0.25) is 0 Å². The van der Waals surface area contributed by atoms with Crippen molar-refractivity contribution in [1.29, 1.82) is 0 Å². The molecular weight excluding hydrogens is 464 g/mol. The number of fused-ring (bicyclic) bond motifs is 2. The van der Waals surface area contributed by atoms with Crippen LogP contribution in [-0.2, 0) is 6.61 Å². The maximum atomic E-state index is 13.6. The Morgan fingerprint density at radius 2 is 1.68 bits per heavy atom. The second-order valence-electron chi connectivity index (χ2n) is 7.29. The molecule has 0 atom stereocenters. The fraction of sp³-hybridized carbons (Fsp3) is 0.0870. The van der Waals surface area contributed by atoms with Gasteiger partial charge in [-0.25, -0.2) is 8.78 Å². The van der Waals surface area contributed by atoms with Crippen molar-refractivity contribution >= 4 is 11.0 Å². The van der Waals surface area contributed by atoms with E-state index in [4.69, 9.17) is 9.15 Å². The van der Waals surface area contributed by atoms with E-state index in [2.05, 4.69) is 9.47 Å². The van der Waals surface area contributed by atoms with Gasteiger partial charge in [-0.05, 0) is 35.9 Å². The minimum Gasteiger partial charge on any atom is -0.508 e. The highest BCUT2D eigenvalue weighted by molar-refractivity contribution is 5.88. The lowest BCUT2D eigenvalue weighted by molar-refractivity contribution is -0.286. The zero-order chi connectivity index (χ0) is 24.2. The molecule has 0 unspecified atom stereocenters. The number of alkyl halides is 2. The first-order chi connectivity index (χ1) is 16.1. The fourth-order valence-electron chi connectivity index (χ4n) is 3.46. The molecule has 1 aliphatic rings. The van der Waals surface area contributed by atoms with Crippen LogP contribution in [0.5, 0.6) is 28.7 Å². The Labute approximate surface area is 187 Å². The molecule has 1 aromatic heterocycles. The summed E-state index contributed by atoms with van der Waals surface area (Å²) in [6.45, 7) is -0.401. The Morgan fingerprint density at radius 3 is 2.44 bits per heavy atom. The molecule has 0 fully saturated rings. The lowest BCUT2D eigenvalue weighted by Crippen LogP contribution is -2.25. The number of phenolic OH excluding ortho intramolecular Hbond substituents is 2. The van der Waals surface area contributed by atoms with E-state index in [1.54, 1.807) is 0 Å². The molecule has 2 heterocycles. The number of hydrogen-bond acceptors (Lipinski definition) is 7. The van der Waals surface area contributed by atoms with E-state index in [0.717, 1.165) is 36.4 Å². The first-order valence-corrected chi connectivity index (χ1v) is 9.61. The molecule has 7 nitrogen and oxygen atoms in total. The van der Waals surface area contributed by atoms with E-state index in [1.165, 1.54) is 12.1 Å². The average Bonchev–Trinajstić information content (AvgIpc) is 3.07. The molecule has 0 spiro atoms. The molecule has 0 saturated carbocycles. The number of rotatable bonds is 4. The molecule has 5 rings (SSSR count). The lowest BCUT2D eigenvalue weighted by Gasteiger charge is -2.13. The first-order valence-electron chi connectivity index (χ1n) is 9.61. The molecule has 11 heteroatoms. The predicted octanol–water partition coefficient (Wildman–Crippen LogP) is 5.05. The number of ether oxygens (including phenoxy) is 3. The van der Waals surface area contributed by atoms with Gasteiger partial charge in [0, 0.05) is 17.7 Å². The Hall–Kier alpha value is -4.41. The molecule has 0 bridgehead atoms. The number of halogens is 4. The van der Waals surface area contributed by atoms with Gasteiger partial charge in [0.1, 0.15) is 29.1 Å². The van der Waals surface area contributed by atoms with Crippen LogP contribution in [0.15, 0.2) is 57.7 Å². The van der Waals surface area contributed by atoms with Gasteiger partial charge in [0.2, 0.25) is 11.2 Å². The summed E-state index contributed by atoms with van der Waals surface area (Å²) in [6, 6.07) is 8.54. The van der Waals surface area contributed by atoms with Crippen LogP contribution < -0.4 is 19.6 Å². The monoisotopic (exact) mass is 476 g/mol. The van der Waals surface area contributed by atoms with E-state index >= 15 is 0 Å². The minimum absolute atomic E-state index is 0.0576. The highest BCUT2D eigenvalue weighted by atomic mass is 19.3. The molecule has 174 valence electrons. The highest BCUT2D eigenvalue weighted by Crippen LogP contribution is 2.44. The number of aromatic hydroxyl groups is 2. The molecule has 0 saturated heterocycles. The molecule has 0 amide bonds. The van der Waals surface area contributed by atoms with Gasteiger partial charge in [0.15, 0.2) is 28.9 Å². The van der Waals surface area contributed by atoms with Crippen LogP contribution in [0, 0.1) is 11.6 Å². The van der Waals surface area contributed by atoms with Gasteiger partial charge in [0.25, 0.3) is 0 Å². The predicted molar refractivity (Wildman–Crippen MR) is 108 cm³/mol. The van der Waals surface area contributed by atoms with Crippen LogP contribution in [-0.4, -0.2) is 16.5 Å². The quantitative estimate of drug-likeness (QED) is 0.398. The Bertz CT molecular complexity index is 1510. The van der Waals surface area contributed by atoms with Crippen molar-refractivity contribution < 1.29 is 46.4 Å². The van der Waals surface area contributed by atoms with Crippen LogP contribution >= 0.6 is 0 Å². The van der Waals surface area contributed by atoms with E-state index in [9.17, 15) is 32.6 Å². The van der Waals surface area contributed by atoms with Gasteiger partial charge in [-0.15, -0.1) is 8.78 Å². The molecular formula is C23H12F4O7. The summed E-state index contributed by atoms with van der Waals surface area (Å²) in [5.74, 6) is -4.51. The molecule has 34 heavy (non-hydrogen) atoms. The van der Waals surface area contributed by atoms with Gasteiger partial charge < -0.3 is 28.8 Å². The van der Waals surface area contributed by atoms with Crippen LogP contribution in [0.1, 0.15) is 5.56 Å². The zero-order valence-corrected chi connectivity index (χ0v) is 16.8. The van der Waals surface area contributed by atoms with Gasteiger partial charge in [0.05, 0.1) is 0 Å². The van der Waals surface area contributed by atoms with E-state index in [0.29, 0.717) is 0 Å². The SMILES string of the molecule is O=c1c(OCc2ccc(F)c(F)c2)c(-c2ccc3c(c2)OC(F)(F)O3)oc2cc(O)cc(O)c12. The maximum Gasteiger partial charge on any atom is 0.586 e. The molecule has 1 aliphatic heterocycles. The Kier molecular flexibility index (Phi) is 4.78. The van der Waals surface area contributed by atoms with E-state index in [1.807, 2.05) is 0 Å². The van der Waals surface area contributed by atoms with Gasteiger partial charge in [-0.3, -0.25) is 4.79 Å². The third kappa shape index (κ3) is 3.70. The third-order valence-electron chi connectivity index (χ3n) is 4.95. The normalized spacial score (nSPS) is 13.9. The number of phenols is 2. The van der Waals surface area contributed by atoms with Crippen molar-refractivity contribution in [3.63, 3.8) is 0 Å². The summed E-state index contributed by atoms with van der Waals surface area (Å²) in [5.41, 5.74) is -0.855. The van der Waals surface area contributed by atoms with Crippen molar-refractivity contribution in [3.05, 3.63) is 76.0 Å². The second kappa shape index (κ2) is 7.58. The van der Waals surface area contributed by atoms with Gasteiger partial charge in [-0.2, -0.15) is 0 Å². The molecule has 3 aromatic carbocycles. The van der Waals surface area contributed by atoms with Crippen LogP contribution in [0.3, 0.4) is 0 Å². The minimum atomic E-state index is -3.88. The van der Waals surface area contributed by atoms with Crippen molar-refractivity contribution in [1.82, 2.24) is 0 Å². The largest absolute Gasteiger partial charge is 0.586 e. The lowest BCUT2D eigenvalue weighted by atomic mass is 10.1. The Balaban J connectivity index is 1.65. The van der Waals surface area contributed by atoms with Gasteiger partial charge >= 0.3 is 6.29 Å². The number of hydrogen-bond donors (Lipinski definition) is 2. The van der Waals surface area contributed by atoms with Crippen molar-refractivity contribution in [3.8, 4) is 40.1 Å². The standard InChI is InChI=1S/C23H12F4O7/c24-13-3-1-10(5-14(13)25)9-31-22-20(30)19-15(29)7-12(28)8-18(19)32-21(22)11-2-4-16-17(6-11)34-23(26,27)33-16/h1-8,28-29H,9H2. The van der Waals surface area contributed by atoms with Gasteiger partial charge in [-0.1, -0.05) is 6.07 Å². The fourth-order valence-corrected chi connectivity index (χ4v) is 3.46. The molecule has 0 aliphatic carbocycles. The summed E-state index contributed by atoms with van der Waals surface area (Å²) in [4.78, 5) is 13.2. The molecule has 2 N–H and O–H groups in total. The Morgan fingerprint density at radius 1 is 0.912 bits per heavy atom. The summed E-state index contributed by atoms with van der Waals surface area (Å²) in [6.07, 6.45) is -3.88. The molecule has 0 radical (unpaired) electrons. The van der Waals surface area contributed by atoms with Crippen LogP contribution in [0.25, 0.3) is 22.3 Å². The topological polar surface area (TPSA) is 98.4 Å². The second-order valence-corrected chi connectivity index (χ2v) is 7.29. The summed E-state index contributed by atoms with van der Waals surface area (Å²) >= 11 is 0. The smallest absolute Gasteiger partial charge is 0.508 e.